The molecule has 1 aliphatic rings. The zero-order chi connectivity index (χ0) is 46.8. The van der Waals surface area contributed by atoms with Gasteiger partial charge in [0.25, 0.3) is 0 Å². The van der Waals surface area contributed by atoms with Gasteiger partial charge in [0.1, 0.15) is 18.0 Å². The first-order valence-corrected chi connectivity index (χ1v) is 21.7. The molecular weight excluding hydrogens is 851 g/mol. The Balaban J connectivity index is 0.000000494. The van der Waals surface area contributed by atoms with Crippen molar-refractivity contribution < 1.29 is 52.0 Å². The van der Waals surface area contributed by atoms with Crippen LogP contribution in [0, 0.1) is 11.6 Å². The number of aromatic nitrogens is 1. The van der Waals surface area contributed by atoms with Crippen molar-refractivity contribution in [2.75, 3.05) is 38.8 Å². The minimum Gasteiger partial charge on any atom is -0.505 e. The predicted octanol–water partition coefficient (Wildman–Crippen LogP) is 10.4. The van der Waals surface area contributed by atoms with Gasteiger partial charge in [0.15, 0.2) is 23.1 Å². The van der Waals surface area contributed by atoms with Crippen LogP contribution in [0.25, 0.3) is 0 Å². The second-order valence-corrected chi connectivity index (χ2v) is 16.3. The molecule has 66 heavy (non-hydrogen) atoms. The molecule has 0 bridgehead atoms. The molecule has 1 aromatic heterocycles. The molecule has 2 heterocycles. The number of hydrogen-bond acceptors (Lipinski definition) is 11. The number of pyridine rings is 1. The van der Waals surface area contributed by atoms with Gasteiger partial charge in [-0.15, -0.1) is 0 Å². The van der Waals surface area contributed by atoms with E-state index in [0.717, 1.165) is 35.7 Å². The summed E-state index contributed by atoms with van der Waals surface area (Å²) in [7, 11) is 3.30. The van der Waals surface area contributed by atoms with Crippen molar-refractivity contribution in [2.24, 2.45) is 0 Å². The third-order valence-electron chi connectivity index (χ3n) is 10.3. The molecule has 0 aliphatic carbocycles. The van der Waals surface area contributed by atoms with E-state index in [2.05, 4.69) is 5.32 Å². The van der Waals surface area contributed by atoms with Gasteiger partial charge in [-0.2, -0.15) is 0 Å². The molecule has 0 unspecified atom stereocenters. The Morgan fingerprint density at radius 2 is 1.52 bits per heavy atom. The van der Waals surface area contributed by atoms with Crippen LogP contribution in [0.2, 0.25) is 0 Å². The van der Waals surface area contributed by atoms with Crippen LogP contribution in [0.3, 0.4) is 0 Å². The van der Waals surface area contributed by atoms with Gasteiger partial charge in [0, 0.05) is 31.7 Å². The quantitative estimate of drug-likeness (QED) is 0.0556. The molecule has 362 valence electrons. The first-order valence-electron chi connectivity index (χ1n) is 21.7. The zero-order valence-corrected chi connectivity index (χ0v) is 38.0. The number of phenols is 1. The number of rotatable bonds is 18. The number of unbranched alkanes of at least 4 members (excludes halogenated alkanes) is 1. The summed E-state index contributed by atoms with van der Waals surface area (Å²) in [5, 5.41) is 12.6. The van der Waals surface area contributed by atoms with E-state index in [4.69, 9.17) is 23.9 Å². The molecule has 5 rings (SSSR count). The molecular formula is C51H70F2N4O9. The Hall–Kier alpha value is -6.09. The van der Waals surface area contributed by atoms with Crippen molar-refractivity contribution in [2.45, 2.75) is 125 Å². The Kier molecular flexibility index (Phi) is 23.3. The summed E-state index contributed by atoms with van der Waals surface area (Å²) >= 11 is 0. The van der Waals surface area contributed by atoms with Crippen LogP contribution in [-0.2, 0) is 48.0 Å². The number of carbonyl (C=O) groups excluding carboxylic acids is 4. The molecule has 0 spiro atoms. The van der Waals surface area contributed by atoms with Gasteiger partial charge in [-0.25, -0.2) is 18.6 Å². The van der Waals surface area contributed by atoms with E-state index in [-0.39, 0.29) is 64.4 Å². The number of esters is 2. The molecule has 0 saturated heterocycles. The number of nitrogens with one attached hydrogen (secondary N) is 1. The van der Waals surface area contributed by atoms with E-state index in [1.807, 2.05) is 63.2 Å². The normalized spacial score (nSPS) is 12.7. The van der Waals surface area contributed by atoms with Crippen molar-refractivity contribution in [1.82, 2.24) is 15.2 Å². The number of aromatic hydroxyl groups is 1. The third-order valence-corrected chi connectivity index (χ3v) is 10.3. The monoisotopic (exact) mass is 921 g/mol. The minimum atomic E-state index is -0.824. The van der Waals surface area contributed by atoms with E-state index in [9.17, 15) is 33.1 Å². The van der Waals surface area contributed by atoms with E-state index in [1.54, 1.807) is 45.0 Å². The highest BCUT2D eigenvalue weighted by Crippen LogP contribution is 2.30. The van der Waals surface area contributed by atoms with Crippen molar-refractivity contribution in [3.8, 4) is 11.5 Å². The number of fused-ring (bicyclic) bond motifs is 1. The first kappa shape index (κ1) is 56.0. The van der Waals surface area contributed by atoms with E-state index in [1.165, 1.54) is 23.1 Å². The number of anilines is 1. The summed E-state index contributed by atoms with van der Waals surface area (Å²) in [6.45, 7) is 10.3. The SMILES string of the molecule is C.C.CCOC(=O)C[C@@H](c1ccc(O)c(F)c1)N(C)C(=O)CCCCc1ccc2c(n1)N(C(=O)OC(C)(C)C)CCC2.CCOC(=O)C[C@H](NC)c1ccc(OCc2ccccc2)c(F)c1. The second kappa shape index (κ2) is 27.4. The molecule has 15 heteroatoms. The molecule has 4 aromatic rings. The number of phenolic OH excluding ortho intramolecular Hbond substituents is 1. The zero-order valence-electron chi connectivity index (χ0n) is 38.0. The van der Waals surface area contributed by atoms with Crippen LogP contribution < -0.4 is 15.0 Å². The Labute approximate surface area is 389 Å². The van der Waals surface area contributed by atoms with Crippen LogP contribution in [-0.4, -0.2) is 78.4 Å². The van der Waals surface area contributed by atoms with Crippen LogP contribution in [0.4, 0.5) is 19.4 Å². The molecule has 2 amide bonds. The average molecular weight is 921 g/mol. The van der Waals surface area contributed by atoms with Gasteiger partial charge in [0.2, 0.25) is 5.91 Å². The lowest BCUT2D eigenvalue weighted by molar-refractivity contribution is -0.146. The number of aryl methyl sites for hydroxylation is 2. The average Bonchev–Trinajstić information content (AvgIpc) is 3.26. The van der Waals surface area contributed by atoms with Gasteiger partial charge in [-0.1, -0.05) is 63.4 Å². The first-order chi connectivity index (χ1) is 30.5. The molecule has 0 radical (unpaired) electrons. The standard InChI is InChI=1S/C30H40FN3O6.C19H22FNO3.2CH4/c1-6-39-27(37)19-24(21-14-16-25(35)23(31)18-21)33(5)26(36)12-8-7-11-22-15-13-20-10-9-17-34(28(20)32-22)29(38)40-30(2,3)4;1-3-23-19(22)12-17(21-2)15-9-10-18(16(20)11-15)24-13-14-7-5-4-6-8-14;;/h13-16,18,24,35H,6-12,17,19H2,1-5H3;4-11,17,21H,3,12-13H2,1-2H3;2*1H4/t24-;17-;;/m00../s1. The van der Waals surface area contributed by atoms with Crippen molar-refractivity contribution in [3.63, 3.8) is 0 Å². The number of ether oxygens (including phenoxy) is 4. The van der Waals surface area contributed by atoms with E-state index >= 15 is 0 Å². The summed E-state index contributed by atoms with van der Waals surface area (Å²) in [6, 6.07) is 21.1. The molecule has 3 aromatic carbocycles. The predicted molar refractivity (Wildman–Crippen MR) is 252 cm³/mol. The minimum absolute atomic E-state index is 0. The van der Waals surface area contributed by atoms with Gasteiger partial charge >= 0.3 is 18.0 Å². The number of amides is 2. The Bertz CT molecular complexity index is 2170. The van der Waals surface area contributed by atoms with Crippen LogP contribution in [0.15, 0.2) is 78.9 Å². The van der Waals surface area contributed by atoms with Crippen molar-refractivity contribution in [1.29, 1.82) is 0 Å². The fourth-order valence-corrected chi connectivity index (χ4v) is 6.99. The third kappa shape index (κ3) is 17.4. The molecule has 13 nitrogen and oxygen atoms in total. The summed E-state index contributed by atoms with van der Waals surface area (Å²) < 4.78 is 49.4. The summed E-state index contributed by atoms with van der Waals surface area (Å²) in [5.74, 6) is -1.97. The maximum atomic E-state index is 14.3. The molecule has 0 saturated carbocycles. The fourth-order valence-electron chi connectivity index (χ4n) is 6.99. The topological polar surface area (TPSA) is 157 Å². The molecule has 2 atom stereocenters. The maximum absolute atomic E-state index is 14.3. The lowest BCUT2D eigenvalue weighted by Gasteiger charge is -2.31. The highest BCUT2D eigenvalue weighted by Gasteiger charge is 2.29. The van der Waals surface area contributed by atoms with Crippen LogP contribution in [0.1, 0.15) is 128 Å². The van der Waals surface area contributed by atoms with Crippen LogP contribution in [0.5, 0.6) is 11.5 Å². The highest BCUT2D eigenvalue weighted by atomic mass is 19.1. The molecule has 2 N–H and O–H groups in total. The molecule has 0 fully saturated rings. The molecule has 1 aliphatic heterocycles. The summed E-state index contributed by atoms with van der Waals surface area (Å²) in [4.78, 5) is 57.4. The number of benzene rings is 3. The van der Waals surface area contributed by atoms with Gasteiger partial charge < -0.3 is 34.3 Å². The number of nitrogens with zero attached hydrogens (tertiary/aromatic N) is 3. The van der Waals surface area contributed by atoms with Gasteiger partial charge in [-0.3, -0.25) is 19.3 Å². The van der Waals surface area contributed by atoms with Crippen LogP contribution >= 0.6 is 0 Å². The maximum Gasteiger partial charge on any atom is 0.416 e. The number of carbonyl (C=O) groups is 4. The van der Waals surface area contributed by atoms with E-state index < -0.39 is 41.1 Å². The highest BCUT2D eigenvalue weighted by molar-refractivity contribution is 5.88. The fraction of sp³-hybridized carbons (Fsp3) is 0.471. The van der Waals surface area contributed by atoms with Crippen molar-refractivity contribution >= 4 is 29.8 Å². The lowest BCUT2D eigenvalue weighted by atomic mass is 10.0. The van der Waals surface area contributed by atoms with E-state index in [0.29, 0.717) is 56.0 Å². The second-order valence-electron chi connectivity index (χ2n) is 16.3. The van der Waals surface area contributed by atoms with Gasteiger partial charge in [-0.05, 0) is 126 Å². The summed E-state index contributed by atoms with van der Waals surface area (Å²) in [5.41, 5.74) is 3.28. The Morgan fingerprint density at radius 1 is 0.864 bits per heavy atom. The van der Waals surface area contributed by atoms with Gasteiger partial charge in [0.05, 0.1) is 32.1 Å². The summed E-state index contributed by atoms with van der Waals surface area (Å²) in [6.07, 6.45) is 3.42. The number of halogens is 2. The van der Waals surface area contributed by atoms with Crippen molar-refractivity contribution in [3.05, 3.63) is 118 Å². The Morgan fingerprint density at radius 3 is 2.14 bits per heavy atom. The number of hydrogen-bond donors (Lipinski definition) is 2. The largest absolute Gasteiger partial charge is 0.505 e. The smallest absolute Gasteiger partial charge is 0.416 e. The lowest BCUT2D eigenvalue weighted by Crippen LogP contribution is -2.40.